The van der Waals surface area contributed by atoms with E-state index >= 15 is 0 Å². The molecule has 3 aliphatic rings. The Morgan fingerprint density at radius 3 is 1.46 bits per heavy atom. The molecule has 0 fully saturated rings. The summed E-state index contributed by atoms with van der Waals surface area (Å²) in [5, 5.41) is 12.2. The van der Waals surface area contributed by atoms with Gasteiger partial charge in [-0.25, -0.2) is 0 Å². The average molecular weight is 994 g/mol. The number of rotatable bonds is 7. The van der Waals surface area contributed by atoms with E-state index in [2.05, 4.69) is 278 Å². The molecule has 0 saturated heterocycles. The SMILES string of the molecule is C1=C(c2ccc3c(c2)C(C2c4c(c5ccccc5c5ccccc45)Oc4c2c2ccccc2c2ccccc42)c2ccccc2-3)CCC=C1N(c1ccc(-c2ccccc2)cc1)c1ccc(-c2cccc3ccccc23)cc1. The van der Waals surface area contributed by atoms with Crippen LogP contribution in [0.5, 0.6) is 11.5 Å². The first-order valence-electron chi connectivity index (χ1n) is 27.4. The summed E-state index contributed by atoms with van der Waals surface area (Å²) in [5.41, 5.74) is 18.7. The third kappa shape index (κ3) is 6.96. The van der Waals surface area contributed by atoms with Crippen molar-refractivity contribution in [3.05, 3.63) is 307 Å². The third-order valence-corrected chi connectivity index (χ3v) is 17.2. The summed E-state index contributed by atoms with van der Waals surface area (Å²) in [6.07, 6.45) is 6.76. The maximum Gasteiger partial charge on any atom is 0.139 e. The number of hydrogen-bond donors (Lipinski definition) is 0. The quantitative estimate of drug-likeness (QED) is 0.148. The smallest absolute Gasteiger partial charge is 0.139 e. The molecule has 0 amide bonds. The van der Waals surface area contributed by atoms with Crippen LogP contribution in [0.15, 0.2) is 279 Å². The normalized spacial score (nSPS) is 14.6. The molecule has 1 atom stereocenters. The van der Waals surface area contributed by atoms with E-state index in [4.69, 9.17) is 4.74 Å². The standard InChI is InChI=1S/C76H51NO/c1-2-18-48(19-3-1)49-36-41-54(42-37-49)77(55-43-38-51(39-44-55)58-35-17-21-50-20-4-5-24-57(50)58)56-23-16-22-52(46-56)53-40-45-64-61-27-6-11-30-65(61)71(70(64)47-53)74-72-66-31-12-7-25-59(66)62-28-9-14-33-68(62)75(72)78-76-69-34-15-10-29-63(69)60-26-8-13-32-67(60)73(74)76/h1-15,17-21,23-47,71,74H,16,22H2. The van der Waals surface area contributed by atoms with Gasteiger partial charge in [-0.2, -0.15) is 0 Å². The zero-order chi connectivity index (χ0) is 51.3. The second-order valence-corrected chi connectivity index (χ2v) is 21.3. The fourth-order valence-electron chi connectivity index (χ4n) is 13.7. The molecule has 2 heteroatoms. The van der Waals surface area contributed by atoms with Crippen molar-refractivity contribution in [2.45, 2.75) is 24.7 Å². The van der Waals surface area contributed by atoms with Crippen molar-refractivity contribution < 1.29 is 4.74 Å². The van der Waals surface area contributed by atoms with Crippen molar-refractivity contribution in [3.8, 4) is 44.9 Å². The molecule has 0 saturated carbocycles. The third-order valence-electron chi connectivity index (χ3n) is 17.2. The molecule has 78 heavy (non-hydrogen) atoms. The van der Waals surface area contributed by atoms with Crippen LogP contribution in [-0.4, -0.2) is 0 Å². The summed E-state index contributed by atoms with van der Waals surface area (Å²) in [6, 6.07) is 96.6. The fourth-order valence-corrected chi connectivity index (χ4v) is 13.7. The van der Waals surface area contributed by atoms with Crippen LogP contribution in [0.1, 0.15) is 52.5 Å². The van der Waals surface area contributed by atoms with Crippen molar-refractivity contribution in [3.63, 3.8) is 0 Å². The Morgan fingerprint density at radius 2 is 0.808 bits per heavy atom. The summed E-state index contributed by atoms with van der Waals surface area (Å²) in [5.74, 6) is 1.85. The van der Waals surface area contributed by atoms with E-state index in [1.165, 1.54) is 116 Å². The molecule has 0 N–H and O–H groups in total. The molecule has 366 valence electrons. The monoisotopic (exact) mass is 993 g/mol. The Kier molecular flexibility index (Phi) is 10.2. The average Bonchev–Trinajstić information content (AvgIpc) is 3.99. The van der Waals surface area contributed by atoms with Crippen molar-refractivity contribution in [1.82, 2.24) is 0 Å². The molecule has 1 unspecified atom stereocenters. The summed E-state index contributed by atoms with van der Waals surface area (Å²) >= 11 is 0. The van der Waals surface area contributed by atoms with Crippen LogP contribution in [0.2, 0.25) is 0 Å². The van der Waals surface area contributed by atoms with E-state index in [1.54, 1.807) is 0 Å². The van der Waals surface area contributed by atoms with Gasteiger partial charge in [-0.3, -0.25) is 0 Å². The molecule has 1 heterocycles. The first-order chi connectivity index (χ1) is 38.7. The maximum atomic E-state index is 7.57. The van der Waals surface area contributed by atoms with E-state index < -0.39 is 0 Å². The number of allylic oxidation sites excluding steroid dienone is 3. The Balaban J connectivity index is 0.873. The topological polar surface area (TPSA) is 12.5 Å². The summed E-state index contributed by atoms with van der Waals surface area (Å²) in [6.45, 7) is 0. The molecular formula is C76H51NO. The minimum Gasteiger partial charge on any atom is -0.455 e. The lowest BCUT2D eigenvalue weighted by Gasteiger charge is -2.37. The highest BCUT2D eigenvalue weighted by Crippen LogP contribution is 2.63. The highest BCUT2D eigenvalue weighted by atomic mass is 16.5. The molecule has 13 aromatic rings. The lowest BCUT2D eigenvalue weighted by molar-refractivity contribution is 0.453. The molecule has 0 bridgehead atoms. The Hall–Kier alpha value is -9.76. The molecule has 16 rings (SSSR count). The summed E-state index contributed by atoms with van der Waals surface area (Å²) < 4.78 is 7.57. The van der Waals surface area contributed by atoms with Gasteiger partial charge in [0.1, 0.15) is 11.5 Å². The molecular weight excluding hydrogens is 943 g/mol. The van der Waals surface area contributed by atoms with Gasteiger partial charge in [0.2, 0.25) is 0 Å². The molecule has 2 aliphatic carbocycles. The minimum absolute atomic E-state index is 0.00855. The molecule has 2 nitrogen and oxygen atoms in total. The van der Waals surface area contributed by atoms with Gasteiger partial charge in [-0.15, -0.1) is 0 Å². The summed E-state index contributed by atoms with van der Waals surface area (Å²) in [7, 11) is 0. The Labute approximate surface area is 454 Å². The van der Waals surface area contributed by atoms with Gasteiger partial charge in [0.05, 0.1) is 0 Å². The molecule has 0 spiro atoms. The van der Waals surface area contributed by atoms with E-state index in [0.29, 0.717) is 0 Å². The first kappa shape index (κ1) is 44.5. The molecule has 0 radical (unpaired) electrons. The second kappa shape index (κ2) is 17.9. The lowest BCUT2D eigenvalue weighted by atomic mass is 9.70. The number of ether oxygens (including phenoxy) is 1. The van der Waals surface area contributed by atoms with Gasteiger partial charge < -0.3 is 9.64 Å². The largest absolute Gasteiger partial charge is 0.455 e. The van der Waals surface area contributed by atoms with Gasteiger partial charge >= 0.3 is 0 Å². The maximum absolute atomic E-state index is 7.57. The number of nitrogens with zero attached hydrogens (tertiary/aromatic N) is 1. The van der Waals surface area contributed by atoms with Crippen molar-refractivity contribution in [1.29, 1.82) is 0 Å². The predicted molar refractivity (Wildman–Crippen MR) is 327 cm³/mol. The van der Waals surface area contributed by atoms with Crippen LogP contribution >= 0.6 is 0 Å². The van der Waals surface area contributed by atoms with Crippen LogP contribution < -0.4 is 9.64 Å². The first-order valence-corrected chi connectivity index (χ1v) is 27.4. The van der Waals surface area contributed by atoms with Gasteiger partial charge in [-0.1, -0.05) is 243 Å². The summed E-state index contributed by atoms with van der Waals surface area (Å²) in [4.78, 5) is 2.45. The number of hydrogen-bond acceptors (Lipinski definition) is 2. The van der Waals surface area contributed by atoms with Crippen molar-refractivity contribution in [2.24, 2.45) is 0 Å². The van der Waals surface area contributed by atoms with Gasteiger partial charge in [-0.05, 0) is 142 Å². The minimum atomic E-state index is -0.0765. The molecule has 1 aliphatic heterocycles. The number of benzene rings is 13. The zero-order valence-corrected chi connectivity index (χ0v) is 42.9. The molecule has 13 aromatic carbocycles. The van der Waals surface area contributed by atoms with E-state index in [0.717, 1.165) is 46.5 Å². The lowest BCUT2D eigenvalue weighted by Crippen LogP contribution is -2.19. The van der Waals surface area contributed by atoms with E-state index in [-0.39, 0.29) is 11.8 Å². The van der Waals surface area contributed by atoms with Crippen LogP contribution in [0, 0.1) is 0 Å². The van der Waals surface area contributed by atoms with Crippen molar-refractivity contribution in [2.75, 3.05) is 4.90 Å². The highest BCUT2D eigenvalue weighted by Gasteiger charge is 2.44. The zero-order valence-electron chi connectivity index (χ0n) is 42.9. The predicted octanol–water partition coefficient (Wildman–Crippen LogP) is 20.7. The number of anilines is 2. The van der Waals surface area contributed by atoms with Gasteiger partial charge in [0, 0.05) is 50.8 Å². The number of fused-ring (bicyclic) bond motifs is 16. The van der Waals surface area contributed by atoms with Crippen LogP contribution in [-0.2, 0) is 0 Å². The van der Waals surface area contributed by atoms with E-state index in [9.17, 15) is 0 Å². The molecule has 0 aromatic heterocycles. The van der Waals surface area contributed by atoms with Crippen LogP contribution in [0.3, 0.4) is 0 Å². The van der Waals surface area contributed by atoms with Crippen LogP contribution in [0.25, 0.3) is 92.8 Å². The highest BCUT2D eigenvalue weighted by molar-refractivity contribution is 6.17. The fraction of sp³-hybridized carbons (Fsp3) is 0.0526. The van der Waals surface area contributed by atoms with Gasteiger partial charge in [0.15, 0.2) is 0 Å². The second-order valence-electron chi connectivity index (χ2n) is 21.3. The van der Waals surface area contributed by atoms with Crippen LogP contribution in [0.4, 0.5) is 11.4 Å². The van der Waals surface area contributed by atoms with E-state index in [1.807, 2.05) is 0 Å². The Morgan fingerprint density at radius 1 is 0.333 bits per heavy atom. The van der Waals surface area contributed by atoms with Crippen molar-refractivity contribution >= 4 is 70.8 Å². The van der Waals surface area contributed by atoms with Gasteiger partial charge in [0.25, 0.3) is 0 Å². The Bertz CT molecular complexity index is 4510.